The molecule has 1 amide bonds. The van der Waals surface area contributed by atoms with E-state index in [1.165, 1.54) is 17.9 Å². The van der Waals surface area contributed by atoms with Gasteiger partial charge in [0.25, 0.3) is 5.91 Å². The molecule has 1 aliphatic carbocycles. The van der Waals surface area contributed by atoms with Gasteiger partial charge in [-0.1, -0.05) is 6.07 Å². The number of amides is 1. The summed E-state index contributed by atoms with van der Waals surface area (Å²) in [7, 11) is -3.91. The number of carbonyl (C=O) groups is 1. The smallest absolute Gasteiger partial charge is 0.408 e. The lowest BCUT2D eigenvalue weighted by molar-refractivity contribution is -0.192. The topological polar surface area (TPSA) is 75.7 Å². The second-order valence-corrected chi connectivity index (χ2v) is 11.4. The maximum Gasteiger partial charge on any atom is 0.408 e. The Hall–Kier alpha value is -2.73. The number of piperidine rings is 1. The highest BCUT2D eigenvalue weighted by molar-refractivity contribution is 7.89. The Morgan fingerprint density at radius 1 is 1.14 bits per heavy atom. The molecular formula is C25H27F5N2O4S. The molecule has 202 valence electrons. The molecule has 2 fully saturated rings. The minimum Gasteiger partial charge on any atom is -0.489 e. The van der Waals surface area contributed by atoms with Crippen LogP contribution in [0.4, 0.5) is 22.0 Å². The van der Waals surface area contributed by atoms with Gasteiger partial charge >= 0.3 is 6.18 Å². The van der Waals surface area contributed by atoms with Crippen LogP contribution in [-0.4, -0.2) is 50.9 Å². The Morgan fingerprint density at radius 2 is 1.84 bits per heavy atom. The summed E-state index contributed by atoms with van der Waals surface area (Å²) in [5.74, 6) is -2.62. The number of rotatable bonds is 7. The summed E-state index contributed by atoms with van der Waals surface area (Å²) in [4.78, 5) is 13.5. The molecule has 4 rings (SSSR count). The highest BCUT2D eigenvalue weighted by Crippen LogP contribution is 2.46. The van der Waals surface area contributed by atoms with Crippen LogP contribution >= 0.6 is 0 Å². The van der Waals surface area contributed by atoms with Crippen LogP contribution in [0.15, 0.2) is 30.3 Å². The number of nitrogens with zero attached hydrogens (tertiary/aromatic N) is 1. The van der Waals surface area contributed by atoms with Gasteiger partial charge in [-0.15, -0.1) is 0 Å². The molecule has 2 aromatic carbocycles. The summed E-state index contributed by atoms with van der Waals surface area (Å²) in [6.07, 6.45) is -2.19. The first-order valence-electron chi connectivity index (χ1n) is 11.8. The summed E-state index contributed by atoms with van der Waals surface area (Å²) in [5, 5.41) is 0. The fraction of sp³-hybridized carbons (Fsp3) is 0.480. The Bertz CT molecular complexity index is 1290. The van der Waals surface area contributed by atoms with Crippen molar-refractivity contribution in [1.82, 2.24) is 9.62 Å². The van der Waals surface area contributed by atoms with Crippen molar-refractivity contribution >= 4 is 15.9 Å². The minimum atomic E-state index is -4.62. The third kappa shape index (κ3) is 6.59. The predicted molar refractivity (Wildman–Crippen MR) is 126 cm³/mol. The monoisotopic (exact) mass is 546 g/mol. The van der Waals surface area contributed by atoms with Crippen LogP contribution in [0.25, 0.3) is 0 Å². The van der Waals surface area contributed by atoms with Crippen LogP contribution in [0.2, 0.25) is 0 Å². The van der Waals surface area contributed by atoms with Crippen LogP contribution in [-0.2, 0) is 10.0 Å². The SMILES string of the molecule is Cc1cc(F)ccc1[C@@H](N1CCC[C@@H](Oc2cc(F)c(C(=O)NS(C)(=O)=O)cc2C2CC2)C1)C(F)(F)F. The predicted octanol–water partition coefficient (Wildman–Crippen LogP) is 4.99. The number of hydrogen-bond acceptors (Lipinski definition) is 5. The molecule has 1 aliphatic heterocycles. The van der Waals surface area contributed by atoms with E-state index < -0.39 is 51.5 Å². The van der Waals surface area contributed by atoms with Gasteiger partial charge in [-0.05, 0) is 80.0 Å². The van der Waals surface area contributed by atoms with Gasteiger partial charge in [0.15, 0.2) is 0 Å². The highest BCUT2D eigenvalue weighted by atomic mass is 32.2. The molecule has 1 heterocycles. The second-order valence-electron chi connectivity index (χ2n) is 9.67. The van der Waals surface area contributed by atoms with Gasteiger partial charge in [-0.25, -0.2) is 21.9 Å². The first-order valence-corrected chi connectivity index (χ1v) is 13.7. The Labute approximate surface area is 211 Å². The Balaban J connectivity index is 1.59. The van der Waals surface area contributed by atoms with Crippen LogP contribution < -0.4 is 9.46 Å². The molecule has 2 aromatic rings. The van der Waals surface area contributed by atoms with Gasteiger partial charge in [0.1, 0.15) is 29.5 Å². The van der Waals surface area contributed by atoms with E-state index in [4.69, 9.17) is 4.74 Å². The van der Waals surface area contributed by atoms with Crippen molar-refractivity contribution in [2.45, 2.75) is 56.8 Å². The lowest BCUT2D eigenvalue weighted by Crippen LogP contribution is -2.47. The zero-order chi connectivity index (χ0) is 27.1. The summed E-state index contributed by atoms with van der Waals surface area (Å²) in [6.45, 7) is 1.49. The van der Waals surface area contributed by atoms with Gasteiger partial charge in [0.05, 0.1) is 11.8 Å². The molecule has 0 bridgehead atoms. The lowest BCUT2D eigenvalue weighted by atomic mass is 9.96. The molecule has 2 atom stereocenters. The first kappa shape index (κ1) is 27.3. The zero-order valence-electron chi connectivity index (χ0n) is 20.2. The van der Waals surface area contributed by atoms with E-state index in [0.717, 1.165) is 43.4 Å². The van der Waals surface area contributed by atoms with Gasteiger partial charge in [0, 0.05) is 12.6 Å². The number of aryl methyl sites for hydroxylation is 1. The van der Waals surface area contributed by atoms with E-state index >= 15 is 0 Å². The van der Waals surface area contributed by atoms with Crippen molar-refractivity contribution in [2.24, 2.45) is 0 Å². The number of ether oxygens (including phenoxy) is 1. The summed E-state index contributed by atoms with van der Waals surface area (Å²) >= 11 is 0. The van der Waals surface area contributed by atoms with E-state index in [2.05, 4.69) is 0 Å². The maximum absolute atomic E-state index is 14.8. The number of sulfonamides is 1. The second kappa shape index (κ2) is 10.2. The number of carbonyl (C=O) groups excluding carboxylic acids is 1. The number of alkyl halides is 3. The van der Waals surface area contributed by atoms with Crippen LogP contribution in [0.1, 0.15) is 64.7 Å². The number of nitrogens with one attached hydrogen (secondary N) is 1. The van der Waals surface area contributed by atoms with Crippen LogP contribution in [0.5, 0.6) is 5.75 Å². The normalized spacial score (nSPS) is 19.9. The molecule has 0 aromatic heterocycles. The molecule has 0 radical (unpaired) electrons. The third-order valence-corrected chi connectivity index (χ3v) is 7.10. The quantitative estimate of drug-likeness (QED) is 0.496. The Kier molecular flexibility index (Phi) is 7.53. The van der Waals surface area contributed by atoms with Gasteiger partial charge < -0.3 is 4.74 Å². The summed E-state index contributed by atoms with van der Waals surface area (Å²) in [5.41, 5.74) is 0.208. The average Bonchev–Trinajstić information content (AvgIpc) is 3.59. The highest BCUT2D eigenvalue weighted by Gasteiger charge is 2.46. The molecule has 1 N–H and O–H groups in total. The minimum absolute atomic E-state index is 0.0233. The average molecular weight is 547 g/mol. The van der Waals surface area contributed by atoms with Gasteiger partial charge in [0.2, 0.25) is 10.0 Å². The van der Waals surface area contributed by atoms with Crippen molar-refractivity contribution < 1.29 is 39.9 Å². The van der Waals surface area contributed by atoms with E-state index in [9.17, 15) is 35.2 Å². The molecule has 0 unspecified atom stereocenters. The van der Waals surface area contributed by atoms with E-state index in [1.54, 1.807) is 4.72 Å². The van der Waals surface area contributed by atoms with Crippen molar-refractivity contribution in [1.29, 1.82) is 0 Å². The fourth-order valence-corrected chi connectivity index (χ4v) is 5.23. The van der Waals surface area contributed by atoms with Gasteiger partial charge in [-0.2, -0.15) is 13.2 Å². The zero-order valence-corrected chi connectivity index (χ0v) is 21.1. The summed E-state index contributed by atoms with van der Waals surface area (Å²) in [6, 6.07) is 3.51. The van der Waals surface area contributed by atoms with Crippen LogP contribution in [0.3, 0.4) is 0 Å². The molecular weight excluding hydrogens is 519 g/mol. The number of halogens is 5. The lowest BCUT2D eigenvalue weighted by Gasteiger charge is -2.39. The number of likely N-dealkylation sites (tertiary alicyclic amines) is 1. The molecule has 12 heteroatoms. The molecule has 2 aliphatic rings. The maximum atomic E-state index is 14.8. The van der Waals surface area contributed by atoms with Crippen molar-refractivity contribution in [2.75, 3.05) is 19.3 Å². The molecule has 37 heavy (non-hydrogen) atoms. The fourth-order valence-electron chi connectivity index (χ4n) is 4.79. The standard InChI is InChI=1S/C25H27F5N2O4S/c1-14-10-16(26)7-8-18(14)23(25(28,29)30)32-9-3-4-17(13-32)36-22-12-21(27)20(11-19(22)15-5-6-15)24(33)31-37(2,34)35/h7-8,10-12,15,17,23H,3-6,9,13H2,1-2H3,(H,31,33)/t17-,23-/m1/s1. The largest absolute Gasteiger partial charge is 0.489 e. The third-order valence-electron chi connectivity index (χ3n) is 6.54. The van der Waals surface area contributed by atoms with Gasteiger partial charge in [-0.3, -0.25) is 9.69 Å². The Morgan fingerprint density at radius 3 is 2.43 bits per heavy atom. The summed E-state index contributed by atoms with van der Waals surface area (Å²) < 4.78 is 102. The van der Waals surface area contributed by atoms with E-state index in [1.807, 2.05) is 0 Å². The van der Waals surface area contributed by atoms with Crippen LogP contribution in [0, 0.1) is 18.6 Å². The van der Waals surface area contributed by atoms with Crippen molar-refractivity contribution in [3.05, 3.63) is 64.2 Å². The molecule has 1 saturated heterocycles. The van der Waals surface area contributed by atoms with Crippen molar-refractivity contribution in [3.8, 4) is 5.75 Å². The number of hydrogen-bond donors (Lipinski definition) is 1. The van der Waals surface area contributed by atoms with E-state index in [-0.39, 0.29) is 35.9 Å². The first-order chi connectivity index (χ1) is 17.2. The molecule has 6 nitrogen and oxygen atoms in total. The number of benzene rings is 2. The molecule has 0 spiro atoms. The van der Waals surface area contributed by atoms with E-state index in [0.29, 0.717) is 18.4 Å². The molecule has 1 saturated carbocycles. The van der Waals surface area contributed by atoms with Crippen molar-refractivity contribution in [3.63, 3.8) is 0 Å².